The van der Waals surface area contributed by atoms with Gasteiger partial charge >= 0.3 is 0 Å². The number of carbonyl (C=O) groups is 2. The fourth-order valence-corrected chi connectivity index (χ4v) is 3.46. The number of halogens is 1. The van der Waals surface area contributed by atoms with Gasteiger partial charge in [0.05, 0.1) is 11.5 Å². The molecule has 3 heterocycles. The standard InChI is InChI=1S/C18H16BrN3O3/c1-2-3-18(4-5-18)17(24)22-9-12(10-22)21-16(23)15-7-13-14(25-15)6-11(19)8-20-13/h1,6-8,12H,3-5,9-10H2,(H,21,23). The van der Waals surface area contributed by atoms with Crippen LogP contribution in [0.25, 0.3) is 11.1 Å². The number of nitrogens with one attached hydrogen (secondary N) is 1. The normalized spacial score (nSPS) is 18.5. The first-order valence-corrected chi connectivity index (χ1v) is 8.89. The molecule has 6 nitrogen and oxygen atoms in total. The Morgan fingerprint density at radius 1 is 1.44 bits per heavy atom. The number of terminal acetylenes is 1. The molecule has 4 rings (SSSR count). The minimum absolute atomic E-state index is 0.0639. The van der Waals surface area contributed by atoms with Gasteiger partial charge in [0.25, 0.3) is 5.91 Å². The number of hydrogen-bond donors (Lipinski definition) is 1. The summed E-state index contributed by atoms with van der Waals surface area (Å²) in [7, 11) is 0. The van der Waals surface area contributed by atoms with E-state index >= 15 is 0 Å². The van der Waals surface area contributed by atoms with E-state index < -0.39 is 0 Å². The summed E-state index contributed by atoms with van der Waals surface area (Å²) in [6.45, 7) is 1.03. The molecular weight excluding hydrogens is 386 g/mol. The van der Waals surface area contributed by atoms with Crippen molar-refractivity contribution in [1.29, 1.82) is 0 Å². The van der Waals surface area contributed by atoms with Crippen molar-refractivity contribution in [3.8, 4) is 12.3 Å². The predicted octanol–water partition coefficient (Wildman–Crippen LogP) is 2.33. The van der Waals surface area contributed by atoms with E-state index in [0.29, 0.717) is 30.6 Å². The van der Waals surface area contributed by atoms with Crippen molar-refractivity contribution >= 4 is 38.8 Å². The number of nitrogens with zero attached hydrogens (tertiary/aromatic N) is 2. The summed E-state index contributed by atoms with van der Waals surface area (Å²) in [6, 6.07) is 3.32. The number of rotatable bonds is 4. The van der Waals surface area contributed by atoms with Crippen LogP contribution >= 0.6 is 15.9 Å². The lowest BCUT2D eigenvalue weighted by atomic mass is 9.97. The van der Waals surface area contributed by atoms with Gasteiger partial charge in [-0.25, -0.2) is 0 Å². The molecule has 2 aliphatic rings. The zero-order chi connectivity index (χ0) is 17.6. The molecule has 0 unspecified atom stereocenters. The summed E-state index contributed by atoms with van der Waals surface area (Å²) in [4.78, 5) is 30.7. The molecule has 2 aromatic heterocycles. The van der Waals surface area contributed by atoms with Crippen LogP contribution in [0, 0.1) is 17.8 Å². The van der Waals surface area contributed by atoms with E-state index in [0.717, 1.165) is 17.3 Å². The topological polar surface area (TPSA) is 75.4 Å². The third-order valence-corrected chi connectivity index (χ3v) is 5.25. The van der Waals surface area contributed by atoms with Crippen molar-refractivity contribution < 1.29 is 14.0 Å². The lowest BCUT2D eigenvalue weighted by Crippen LogP contribution is -2.62. The smallest absolute Gasteiger partial charge is 0.287 e. The van der Waals surface area contributed by atoms with Crippen LogP contribution in [-0.4, -0.2) is 40.8 Å². The summed E-state index contributed by atoms with van der Waals surface area (Å²) >= 11 is 3.32. The minimum atomic E-state index is -0.332. The number of pyridine rings is 1. The van der Waals surface area contributed by atoms with Gasteiger partial charge in [-0.1, -0.05) is 0 Å². The van der Waals surface area contributed by atoms with Gasteiger partial charge in [0.1, 0.15) is 5.52 Å². The Morgan fingerprint density at radius 2 is 2.20 bits per heavy atom. The van der Waals surface area contributed by atoms with Crippen LogP contribution in [0.3, 0.4) is 0 Å². The van der Waals surface area contributed by atoms with Crippen molar-refractivity contribution in [3.63, 3.8) is 0 Å². The fraction of sp³-hybridized carbons (Fsp3) is 0.389. The number of carbonyl (C=O) groups excluding carboxylic acids is 2. The van der Waals surface area contributed by atoms with E-state index in [4.69, 9.17) is 10.8 Å². The highest BCUT2D eigenvalue weighted by Crippen LogP contribution is 2.50. The van der Waals surface area contributed by atoms with Crippen LogP contribution in [0.1, 0.15) is 29.8 Å². The van der Waals surface area contributed by atoms with Gasteiger partial charge in [-0.05, 0) is 34.8 Å². The Morgan fingerprint density at radius 3 is 2.88 bits per heavy atom. The summed E-state index contributed by atoms with van der Waals surface area (Å²) in [5.41, 5.74) is 0.847. The molecule has 0 atom stereocenters. The lowest BCUT2D eigenvalue weighted by molar-refractivity contribution is -0.141. The maximum atomic E-state index is 12.4. The maximum absolute atomic E-state index is 12.4. The predicted molar refractivity (Wildman–Crippen MR) is 94.7 cm³/mol. The zero-order valence-electron chi connectivity index (χ0n) is 13.4. The van der Waals surface area contributed by atoms with Gasteiger partial charge in [0.15, 0.2) is 11.3 Å². The van der Waals surface area contributed by atoms with Crippen LogP contribution in [0.2, 0.25) is 0 Å². The first-order chi connectivity index (χ1) is 12.0. The van der Waals surface area contributed by atoms with Crippen LogP contribution < -0.4 is 5.32 Å². The largest absolute Gasteiger partial charge is 0.449 e. The van der Waals surface area contributed by atoms with Gasteiger partial charge in [0, 0.05) is 36.2 Å². The third-order valence-electron chi connectivity index (χ3n) is 4.81. The van der Waals surface area contributed by atoms with Gasteiger partial charge in [0.2, 0.25) is 5.91 Å². The van der Waals surface area contributed by atoms with Crippen molar-refractivity contribution in [3.05, 3.63) is 28.6 Å². The molecule has 2 aromatic rings. The second-order valence-corrected chi connectivity index (χ2v) is 7.60. The number of aromatic nitrogens is 1. The lowest BCUT2D eigenvalue weighted by Gasteiger charge is -2.41. The highest BCUT2D eigenvalue weighted by atomic mass is 79.9. The van der Waals surface area contributed by atoms with E-state index in [-0.39, 0.29) is 29.0 Å². The molecule has 1 aliphatic heterocycles. The van der Waals surface area contributed by atoms with E-state index in [1.165, 1.54) is 0 Å². The molecule has 0 radical (unpaired) electrons. The molecule has 0 aromatic carbocycles. The average Bonchev–Trinajstić information content (AvgIpc) is 3.20. The molecular formula is C18H16BrN3O3. The first-order valence-electron chi connectivity index (χ1n) is 8.09. The molecule has 25 heavy (non-hydrogen) atoms. The van der Waals surface area contributed by atoms with E-state index in [2.05, 4.69) is 32.2 Å². The first kappa shape index (κ1) is 16.2. The second-order valence-electron chi connectivity index (χ2n) is 6.69. The van der Waals surface area contributed by atoms with Crippen LogP contribution in [0.5, 0.6) is 0 Å². The van der Waals surface area contributed by atoms with Gasteiger partial charge in [-0.15, -0.1) is 12.3 Å². The van der Waals surface area contributed by atoms with Crippen molar-refractivity contribution in [2.24, 2.45) is 5.41 Å². The highest BCUT2D eigenvalue weighted by molar-refractivity contribution is 9.10. The zero-order valence-corrected chi connectivity index (χ0v) is 15.0. The minimum Gasteiger partial charge on any atom is -0.449 e. The SMILES string of the molecule is C#CCC1(C(=O)N2CC(NC(=O)c3cc4ncc(Br)cc4o3)C2)CC1. The molecule has 7 heteroatoms. The molecule has 1 saturated heterocycles. The monoisotopic (exact) mass is 401 g/mol. The Bertz CT molecular complexity index is 904. The fourth-order valence-electron chi connectivity index (χ4n) is 3.15. The Kier molecular flexibility index (Phi) is 3.80. The number of amides is 2. The van der Waals surface area contributed by atoms with Crippen molar-refractivity contribution in [2.45, 2.75) is 25.3 Å². The highest BCUT2D eigenvalue weighted by Gasteiger charge is 2.52. The van der Waals surface area contributed by atoms with E-state index in [9.17, 15) is 9.59 Å². The Balaban J connectivity index is 1.35. The molecule has 1 saturated carbocycles. The molecule has 2 amide bonds. The van der Waals surface area contributed by atoms with E-state index in [1.54, 1.807) is 23.2 Å². The summed E-state index contributed by atoms with van der Waals surface area (Å²) < 4.78 is 6.33. The molecule has 0 spiro atoms. The van der Waals surface area contributed by atoms with Crippen LogP contribution in [0.4, 0.5) is 0 Å². The molecule has 128 valence electrons. The summed E-state index contributed by atoms with van der Waals surface area (Å²) in [5, 5.41) is 2.89. The van der Waals surface area contributed by atoms with Gasteiger partial charge in [-0.3, -0.25) is 14.6 Å². The van der Waals surface area contributed by atoms with E-state index in [1.807, 2.05) is 0 Å². The number of furan rings is 1. The molecule has 2 fully saturated rings. The maximum Gasteiger partial charge on any atom is 0.287 e. The quantitative estimate of drug-likeness (QED) is 0.797. The number of hydrogen-bond acceptors (Lipinski definition) is 4. The third kappa shape index (κ3) is 2.91. The van der Waals surface area contributed by atoms with Crippen LogP contribution in [-0.2, 0) is 4.79 Å². The number of likely N-dealkylation sites (tertiary alicyclic amines) is 1. The molecule has 1 N–H and O–H groups in total. The second kappa shape index (κ2) is 5.88. The Hall–Kier alpha value is -2.33. The molecule has 0 bridgehead atoms. The average molecular weight is 402 g/mol. The summed E-state index contributed by atoms with van der Waals surface area (Å²) in [5.74, 6) is 2.64. The summed E-state index contributed by atoms with van der Waals surface area (Å²) in [6.07, 6.45) is 9.24. The van der Waals surface area contributed by atoms with Gasteiger partial charge in [-0.2, -0.15) is 0 Å². The Labute approximate surface area is 153 Å². The molecule has 1 aliphatic carbocycles. The number of fused-ring (bicyclic) bond motifs is 1. The van der Waals surface area contributed by atoms with Crippen molar-refractivity contribution in [2.75, 3.05) is 13.1 Å². The van der Waals surface area contributed by atoms with Crippen LogP contribution in [0.15, 0.2) is 27.2 Å². The van der Waals surface area contributed by atoms with Gasteiger partial charge < -0.3 is 14.6 Å². The van der Waals surface area contributed by atoms with Crippen molar-refractivity contribution in [1.82, 2.24) is 15.2 Å².